The quantitative estimate of drug-likeness (QED) is 0.580. The molecule has 5 aliphatic rings. The van der Waals surface area contributed by atoms with Crippen molar-refractivity contribution in [1.29, 1.82) is 0 Å². The van der Waals surface area contributed by atoms with Crippen LogP contribution in [0.2, 0.25) is 0 Å². The number of likely N-dealkylation sites (tertiary alicyclic amines) is 1. The number of hydrogen-bond acceptors (Lipinski definition) is 4. The normalized spacial score (nSPS) is 44.7. The first-order chi connectivity index (χ1) is 16.5. The van der Waals surface area contributed by atoms with Gasteiger partial charge in [0.2, 0.25) is 0 Å². The lowest BCUT2D eigenvalue weighted by atomic mass is 9.45. The minimum atomic E-state index is -0.186. The van der Waals surface area contributed by atoms with Crippen LogP contribution >= 0.6 is 0 Å². The molecule has 1 aromatic heterocycles. The highest BCUT2D eigenvalue weighted by atomic mass is 16.1. The molecule has 1 aliphatic heterocycles. The minimum absolute atomic E-state index is 0.141. The molecule has 0 bridgehead atoms. The molecule has 4 saturated carbocycles. The summed E-state index contributed by atoms with van der Waals surface area (Å²) < 4.78 is 1.96. The maximum absolute atomic E-state index is 13.9. The summed E-state index contributed by atoms with van der Waals surface area (Å²) in [6.45, 7) is 7.62. The van der Waals surface area contributed by atoms with E-state index in [4.69, 9.17) is 0 Å². The van der Waals surface area contributed by atoms with Crippen molar-refractivity contribution in [3.8, 4) is 0 Å². The molecule has 0 N–H and O–H groups in total. The van der Waals surface area contributed by atoms with Gasteiger partial charge in [0.05, 0.1) is 5.52 Å². The fraction of sp³-hybridized carbons (Fsp3) is 0.759. The molecular weight excluding hydrogens is 420 g/mol. The fourth-order valence-corrected chi connectivity index (χ4v) is 9.79. The average Bonchev–Trinajstić information content (AvgIpc) is 3.58. The Morgan fingerprint density at radius 1 is 0.941 bits per heavy atom. The number of benzene rings is 1. The van der Waals surface area contributed by atoms with Crippen LogP contribution in [-0.4, -0.2) is 44.8 Å². The molecule has 182 valence electrons. The summed E-state index contributed by atoms with van der Waals surface area (Å²) in [6.07, 6.45) is 13.0. The zero-order valence-corrected chi connectivity index (χ0v) is 21.0. The fourth-order valence-electron chi connectivity index (χ4n) is 9.79. The number of ketones is 1. The molecule has 5 fully saturated rings. The second-order valence-electron chi connectivity index (χ2n) is 12.9. The highest BCUT2D eigenvalue weighted by Crippen LogP contribution is 2.66. The molecule has 0 amide bonds. The van der Waals surface area contributed by atoms with Crippen molar-refractivity contribution in [2.45, 2.75) is 90.1 Å². The van der Waals surface area contributed by atoms with Gasteiger partial charge in [0.15, 0.2) is 5.78 Å². The molecule has 0 spiro atoms. The van der Waals surface area contributed by atoms with Gasteiger partial charge in [-0.1, -0.05) is 31.2 Å². The zero-order valence-electron chi connectivity index (χ0n) is 21.0. The van der Waals surface area contributed by atoms with E-state index in [2.05, 4.69) is 35.1 Å². The van der Waals surface area contributed by atoms with Crippen LogP contribution < -0.4 is 0 Å². The number of para-hydroxylation sites is 1. The van der Waals surface area contributed by atoms with Crippen molar-refractivity contribution in [3.05, 3.63) is 24.3 Å². The summed E-state index contributed by atoms with van der Waals surface area (Å²) in [5, 5.41) is 8.87. The van der Waals surface area contributed by atoms with Gasteiger partial charge in [0.25, 0.3) is 0 Å². The van der Waals surface area contributed by atoms with Gasteiger partial charge < -0.3 is 4.90 Å². The van der Waals surface area contributed by atoms with Crippen LogP contribution in [0.4, 0.5) is 0 Å². The number of aromatic nitrogens is 3. The molecule has 1 aromatic carbocycles. The molecule has 5 nitrogen and oxygen atoms in total. The Bertz CT molecular complexity index is 1100. The van der Waals surface area contributed by atoms with Crippen LogP contribution in [0.1, 0.15) is 84.1 Å². The van der Waals surface area contributed by atoms with Gasteiger partial charge in [-0.25, -0.2) is 4.68 Å². The van der Waals surface area contributed by atoms with E-state index < -0.39 is 0 Å². The number of nitrogens with zero attached hydrogens (tertiary/aromatic N) is 4. The maximum atomic E-state index is 13.9. The Hall–Kier alpha value is -1.75. The van der Waals surface area contributed by atoms with Crippen molar-refractivity contribution in [2.75, 3.05) is 13.1 Å². The summed E-state index contributed by atoms with van der Waals surface area (Å²) in [5.41, 5.74) is 2.20. The molecule has 2 heterocycles. The van der Waals surface area contributed by atoms with E-state index in [-0.39, 0.29) is 11.5 Å². The lowest BCUT2D eigenvalue weighted by molar-refractivity contribution is -0.141. The van der Waals surface area contributed by atoms with E-state index in [0.29, 0.717) is 23.0 Å². The third-order valence-electron chi connectivity index (χ3n) is 11.7. The summed E-state index contributed by atoms with van der Waals surface area (Å²) in [6, 6.07) is 8.81. The first kappa shape index (κ1) is 21.5. The topological polar surface area (TPSA) is 51.0 Å². The van der Waals surface area contributed by atoms with E-state index in [9.17, 15) is 4.79 Å². The summed E-state index contributed by atoms with van der Waals surface area (Å²) >= 11 is 0. The predicted octanol–water partition coefficient (Wildman–Crippen LogP) is 5.66. The number of Topliss-reactive ketones (excluding diaryl/α,β-unsaturated/α-hetero) is 1. The van der Waals surface area contributed by atoms with Crippen LogP contribution in [0.15, 0.2) is 24.3 Å². The van der Waals surface area contributed by atoms with Crippen LogP contribution in [0.25, 0.3) is 11.0 Å². The molecule has 2 aromatic rings. The zero-order chi connectivity index (χ0) is 23.1. The van der Waals surface area contributed by atoms with Crippen LogP contribution in [0, 0.1) is 34.5 Å². The van der Waals surface area contributed by atoms with E-state index in [1.165, 1.54) is 64.5 Å². The third-order valence-corrected chi connectivity index (χ3v) is 11.7. The Labute approximate surface area is 203 Å². The molecule has 4 aliphatic carbocycles. The Morgan fingerprint density at radius 3 is 2.62 bits per heavy atom. The smallest absolute Gasteiger partial charge is 0.163 e. The molecule has 0 radical (unpaired) electrons. The second-order valence-corrected chi connectivity index (χ2v) is 12.9. The second kappa shape index (κ2) is 7.62. The number of carbonyl (C=O) groups excluding carboxylic acids is 1. The Balaban J connectivity index is 1.16. The van der Waals surface area contributed by atoms with Crippen LogP contribution in [0.3, 0.4) is 0 Å². The van der Waals surface area contributed by atoms with Gasteiger partial charge in [0.1, 0.15) is 11.6 Å². The maximum Gasteiger partial charge on any atom is 0.163 e. The number of fused-ring (bicyclic) bond motifs is 6. The molecule has 8 atom stereocenters. The SMILES string of the molecule is C[C@]12CC[C@H](N3CCCC3)C[C@@H]1CC[C@@H]1[C@@H]2CC[C@]2(C)C(=O)[C@@H](n3nnc4ccccc43)C[C@@H]12. The minimum Gasteiger partial charge on any atom is -0.300 e. The Kier molecular flexibility index (Phi) is 4.83. The van der Waals surface area contributed by atoms with Crippen molar-refractivity contribution in [2.24, 2.45) is 34.5 Å². The number of hydrogen-bond donors (Lipinski definition) is 0. The summed E-state index contributed by atoms with van der Waals surface area (Å²) in [5.74, 6) is 3.30. The summed E-state index contributed by atoms with van der Waals surface area (Å²) in [7, 11) is 0. The monoisotopic (exact) mass is 460 g/mol. The van der Waals surface area contributed by atoms with E-state index in [0.717, 1.165) is 41.8 Å². The lowest BCUT2D eigenvalue weighted by Crippen LogP contribution is -2.55. The van der Waals surface area contributed by atoms with E-state index in [1.54, 1.807) is 0 Å². The summed E-state index contributed by atoms with van der Waals surface area (Å²) in [4.78, 5) is 16.7. The van der Waals surface area contributed by atoms with Gasteiger partial charge in [-0.05, 0) is 119 Å². The molecular formula is C29H40N4O. The van der Waals surface area contributed by atoms with Crippen LogP contribution in [-0.2, 0) is 4.79 Å². The van der Waals surface area contributed by atoms with Crippen molar-refractivity contribution >= 4 is 16.8 Å². The van der Waals surface area contributed by atoms with Crippen LogP contribution in [0.5, 0.6) is 0 Å². The number of carbonyl (C=O) groups is 1. The number of rotatable bonds is 2. The third kappa shape index (κ3) is 2.91. The van der Waals surface area contributed by atoms with Gasteiger partial charge in [-0.3, -0.25) is 4.79 Å². The lowest BCUT2D eigenvalue weighted by Gasteiger charge is -2.60. The van der Waals surface area contributed by atoms with Gasteiger partial charge >= 0.3 is 0 Å². The molecule has 5 heteroatoms. The highest BCUT2D eigenvalue weighted by Gasteiger charge is 2.63. The molecule has 34 heavy (non-hydrogen) atoms. The van der Waals surface area contributed by atoms with E-state index >= 15 is 0 Å². The van der Waals surface area contributed by atoms with Gasteiger partial charge in [-0.15, -0.1) is 5.10 Å². The van der Waals surface area contributed by atoms with E-state index in [1.807, 2.05) is 22.9 Å². The first-order valence-corrected chi connectivity index (χ1v) is 14.1. The average molecular weight is 461 g/mol. The van der Waals surface area contributed by atoms with Crippen molar-refractivity contribution in [1.82, 2.24) is 19.9 Å². The predicted molar refractivity (Wildman–Crippen MR) is 133 cm³/mol. The van der Waals surface area contributed by atoms with Crippen molar-refractivity contribution in [3.63, 3.8) is 0 Å². The van der Waals surface area contributed by atoms with Gasteiger partial charge in [0, 0.05) is 11.5 Å². The Morgan fingerprint density at radius 2 is 1.76 bits per heavy atom. The standard InChI is InChI=1S/C29H40N4O/c1-28-13-11-20(32-15-5-6-16-32)17-19(28)9-10-21-22(28)12-14-29(2)23(21)18-26(27(29)34)33-25-8-4-3-7-24(25)30-31-33/h3-4,7-8,19-23,26H,5-6,9-18H2,1-2H3/t19-,20-,21+,22-,23-,26-,28-,29-/m0/s1. The van der Waals surface area contributed by atoms with Gasteiger partial charge in [-0.2, -0.15) is 0 Å². The molecule has 7 rings (SSSR count). The first-order valence-electron chi connectivity index (χ1n) is 14.1. The molecule has 0 unspecified atom stereocenters. The highest BCUT2D eigenvalue weighted by molar-refractivity contribution is 5.92. The molecule has 1 saturated heterocycles. The van der Waals surface area contributed by atoms with Crippen molar-refractivity contribution < 1.29 is 4.79 Å². The largest absolute Gasteiger partial charge is 0.300 e.